The van der Waals surface area contributed by atoms with Crippen LogP contribution in [0, 0.1) is 5.92 Å². The molecule has 32 heavy (non-hydrogen) atoms. The number of esters is 1. The molecule has 7 heteroatoms. The number of unbranched alkanes of at least 4 members (excludes halogenated alkanes) is 1. The normalized spacial score (nSPS) is 18.2. The summed E-state index contributed by atoms with van der Waals surface area (Å²) in [5.74, 6) is -1.40. The summed E-state index contributed by atoms with van der Waals surface area (Å²) in [5, 5.41) is 13.8. The fraction of sp³-hybridized carbons (Fsp3) is 0.720. The minimum Gasteiger partial charge on any atom is -0.507 e. The van der Waals surface area contributed by atoms with Crippen LogP contribution in [-0.2, 0) is 28.9 Å². The van der Waals surface area contributed by atoms with Crippen molar-refractivity contribution < 1.29 is 19.4 Å². The number of carbonyl (C=O) groups is 2. The predicted molar refractivity (Wildman–Crippen MR) is 123 cm³/mol. The molecule has 2 aliphatic rings. The van der Waals surface area contributed by atoms with E-state index in [1.807, 2.05) is 0 Å². The number of amides is 1. The number of nitrogens with zero attached hydrogens (tertiary/aromatic N) is 1. The van der Waals surface area contributed by atoms with Gasteiger partial charge in [0.05, 0.1) is 7.11 Å². The van der Waals surface area contributed by atoms with Crippen LogP contribution in [0.1, 0.15) is 99.2 Å². The Bertz CT molecular complexity index is 870. The fourth-order valence-electron chi connectivity index (χ4n) is 5.24. The minimum absolute atomic E-state index is 0.0195. The zero-order chi connectivity index (χ0) is 23.1. The molecule has 178 valence electrons. The van der Waals surface area contributed by atoms with Crippen molar-refractivity contribution in [1.29, 1.82) is 0 Å². The van der Waals surface area contributed by atoms with Crippen LogP contribution in [0.4, 0.5) is 0 Å². The van der Waals surface area contributed by atoms with E-state index in [1.165, 1.54) is 7.11 Å². The molecule has 1 unspecified atom stereocenters. The molecule has 0 bridgehead atoms. The van der Waals surface area contributed by atoms with Crippen LogP contribution >= 0.6 is 0 Å². The molecule has 0 spiro atoms. The van der Waals surface area contributed by atoms with Gasteiger partial charge < -0.3 is 19.7 Å². The molecule has 0 radical (unpaired) electrons. The summed E-state index contributed by atoms with van der Waals surface area (Å²) in [4.78, 5) is 39.3. The third-order valence-corrected chi connectivity index (χ3v) is 7.07. The van der Waals surface area contributed by atoms with Crippen LogP contribution in [-0.4, -0.2) is 34.7 Å². The van der Waals surface area contributed by atoms with Crippen molar-refractivity contribution in [1.82, 2.24) is 9.88 Å². The van der Waals surface area contributed by atoms with Gasteiger partial charge in [0.25, 0.3) is 11.5 Å². The molecule has 1 aromatic heterocycles. The van der Waals surface area contributed by atoms with Gasteiger partial charge in [-0.1, -0.05) is 45.4 Å². The number of aromatic nitrogens is 1. The standard InChI is InChI=1S/C25H38N2O5/c1-3-4-16-27-19-15-11-6-5-10-14-18(19)22(28)20(24(27)30)23(29)26-21(25(31)32-2)17-12-8-7-9-13-17/h17,21,28H,3-16H2,1-2H3,(H,26,29). The predicted octanol–water partition coefficient (Wildman–Crippen LogP) is 3.86. The molecule has 1 amide bonds. The Balaban J connectivity index is 2.00. The molecule has 1 aromatic rings. The lowest BCUT2D eigenvalue weighted by Crippen LogP contribution is -2.48. The number of hydrogen-bond acceptors (Lipinski definition) is 5. The second-order valence-corrected chi connectivity index (χ2v) is 9.25. The van der Waals surface area contributed by atoms with Crippen LogP contribution in [0.25, 0.3) is 0 Å². The fourth-order valence-corrected chi connectivity index (χ4v) is 5.24. The Morgan fingerprint density at radius 2 is 1.75 bits per heavy atom. The molecular formula is C25H38N2O5. The lowest BCUT2D eigenvalue weighted by atomic mass is 9.83. The molecule has 1 saturated carbocycles. The summed E-state index contributed by atoms with van der Waals surface area (Å²) in [7, 11) is 1.31. The molecule has 2 aliphatic carbocycles. The van der Waals surface area contributed by atoms with Crippen LogP contribution in [0.5, 0.6) is 5.75 Å². The van der Waals surface area contributed by atoms with E-state index in [0.29, 0.717) is 13.0 Å². The highest BCUT2D eigenvalue weighted by molar-refractivity contribution is 5.99. The van der Waals surface area contributed by atoms with Gasteiger partial charge in [0, 0.05) is 17.8 Å². The SMILES string of the molecule is CCCCn1c2c(c(O)c(C(=O)NC(C(=O)OC)C3CCCCC3)c1=O)CCCCCC2. The Labute approximate surface area is 190 Å². The summed E-state index contributed by atoms with van der Waals surface area (Å²) >= 11 is 0. The molecule has 3 rings (SSSR count). The largest absolute Gasteiger partial charge is 0.507 e. The van der Waals surface area contributed by atoms with E-state index >= 15 is 0 Å². The van der Waals surface area contributed by atoms with Gasteiger partial charge in [0.2, 0.25) is 0 Å². The smallest absolute Gasteiger partial charge is 0.328 e. The first-order valence-corrected chi connectivity index (χ1v) is 12.4. The topological polar surface area (TPSA) is 97.6 Å². The van der Waals surface area contributed by atoms with E-state index in [2.05, 4.69) is 12.2 Å². The molecule has 1 fully saturated rings. The van der Waals surface area contributed by atoms with Crippen molar-refractivity contribution in [2.45, 2.75) is 103 Å². The molecule has 0 aromatic carbocycles. The number of methoxy groups -OCH3 is 1. The van der Waals surface area contributed by atoms with Crippen molar-refractivity contribution in [2.75, 3.05) is 7.11 Å². The first-order chi connectivity index (χ1) is 15.5. The average Bonchev–Trinajstić information content (AvgIpc) is 2.78. The zero-order valence-electron chi connectivity index (χ0n) is 19.6. The van der Waals surface area contributed by atoms with E-state index < -0.39 is 23.5 Å². The zero-order valence-corrected chi connectivity index (χ0v) is 19.6. The van der Waals surface area contributed by atoms with Crippen LogP contribution < -0.4 is 10.9 Å². The first kappa shape index (κ1) is 24.3. The Morgan fingerprint density at radius 1 is 1.09 bits per heavy atom. The summed E-state index contributed by atoms with van der Waals surface area (Å²) < 4.78 is 6.66. The molecule has 0 saturated heterocycles. The third kappa shape index (κ3) is 5.36. The number of nitrogens with one attached hydrogen (secondary N) is 1. The van der Waals surface area contributed by atoms with Gasteiger partial charge in [0.1, 0.15) is 17.4 Å². The van der Waals surface area contributed by atoms with Crippen LogP contribution in [0.3, 0.4) is 0 Å². The maximum absolute atomic E-state index is 13.4. The monoisotopic (exact) mass is 446 g/mol. The Hall–Kier alpha value is -2.31. The Kier molecular flexibility index (Phi) is 8.76. The van der Waals surface area contributed by atoms with E-state index in [-0.39, 0.29) is 17.2 Å². The molecular weight excluding hydrogens is 408 g/mol. The number of aromatic hydroxyl groups is 1. The van der Waals surface area contributed by atoms with Gasteiger partial charge >= 0.3 is 5.97 Å². The number of ether oxygens (including phenoxy) is 1. The van der Waals surface area contributed by atoms with Crippen molar-refractivity contribution in [2.24, 2.45) is 5.92 Å². The van der Waals surface area contributed by atoms with Crippen LogP contribution in [0.15, 0.2) is 4.79 Å². The Morgan fingerprint density at radius 3 is 2.41 bits per heavy atom. The highest BCUT2D eigenvalue weighted by Gasteiger charge is 2.34. The highest BCUT2D eigenvalue weighted by atomic mass is 16.5. The molecule has 2 N–H and O–H groups in total. The van der Waals surface area contributed by atoms with Gasteiger partial charge in [0.15, 0.2) is 0 Å². The lowest BCUT2D eigenvalue weighted by molar-refractivity contribution is -0.144. The second-order valence-electron chi connectivity index (χ2n) is 9.25. The molecule has 1 atom stereocenters. The highest BCUT2D eigenvalue weighted by Crippen LogP contribution is 2.31. The van der Waals surface area contributed by atoms with Gasteiger partial charge in [-0.05, 0) is 50.9 Å². The number of carbonyl (C=O) groups excluding carboxylic acids is 2. The second kappa shape index (κ2) is 11.5. The number of rotatable bonds is 7. The van der Waals surface area contributed by atoms with Crippen molar-refractivity contribution in [3.8, 4) is 5.75 Å². The van der Waals surface area contributed by atoms with Gasteiger partial charge in [-0.15, -0.1) is 0 Å². The minimum atomic E-state index is -0.808. The van der Waals surface area contributed by atoms with Crippen molar-refractivity contribution in [3.05, 3.63) is 27.2 Å². The lowest BCUT2D eigenvalue weighted by Gasteiger charge is -2.29. The van der Waals surface area contributed by atoms with Gasteiger partial charge in [-0.2, -0.15) is 0 Å². The van der Waals surface area contributed by atoms with E-state index in [4.69, 9.17) is 4.74 Å². The van der Waals surface area contributed by atoms with E-state index in [9.17, 15) is 19.5 Å². The first-order valence-electron chi connectivity index (χ1n) is 12.4. The molecule has 0 aliphatic heterocycles. The summed E-state index contributed by atoms with van der Waals surface area (Å²) in [6.07, 6.45) is 12.0. The van der Waals surface area contributed by atoms with Crippen molar-refractivity contribution in [3.63, 3.8) is 0 Å². The van der Waals surface area contributed by atoms with Crippen LogP contribution in [0.2, 0.25) is 0 Å². The van der Waals surface area contributed by atoms with Gasteiger partial charge in [-0.25, -0.2) is 4.79 Å². The quantitative estimate of drug-likeness (QED) is 0.620. The summed E-state index contributed by atoms with van der Waals surface area (Å²) in [5.41, 5.74) is 0.900. The van der Waals surface area contributed by atoms with Crippen molar-refractivity contribution >= 4 is 11.9 Å². The van der Waals surface area contributed by atoms with Gasteiger partial charge in [-0.3, -0.25) is 9.59 Å². The summed E-state index contributed by atoms with van der Waals surface area (Å²) in [6, 6.07) is -0.808. The number of fused-ring (bicyclic) bond motifs is 1. The molecule has 1 heterocycles. The number of hydrogen-bond donors (Lipinski definition) is 2. The maximum atomic E-state index is 13.4. The van der Waals surface area contributed by atoms with E-state index in [0.717, 1.165) is 88.3 Å². The maximum Gasteiger partial charge on any atom is 0.328 e. The molecule has 7 nitrogen and oxygen atoms in total. The summed E-state index contributed by atoms with van der Waals surface area (Å²) in [6.45, 7) is 2.59. The van der Waals surface area contributed by atoms with E-state index in [1.54, 1.807) is 4.57 Å². The number of pyridine rings is 1. The average molecular weight is 447 g/mol. The third-order valence-electron chi connectivity index (χ3n) is 7.07.